The van der Waals surface area contributed by atoms with E-state index >= 15 is 0 Å². The van der Waals surface area contributed by atoms with Gasteiger partial charge in [-0.05, 0) is 48.7 Å². The Morgan fingerprint density at radius 3 is 2.58 bits per heavy atom. The van der Waals surface area contributed by atoms with E-state index in [1.54, 1.807) is 22.5 Å². The first kappa shape index (κ1) is 25.4. The maximum absolute atomic E-state index is 13.2. The Morgan fingerprint density at radius 2 is 1.89 bits per heavy atom. The number of carbonyl (C=O) groups is 3. The zero-order chi connectivity index (χ0) is 27.0. The minimum Gasteiger partial charge on any atom is -0.450 e. The first-order chi connectivity index (χ1) is 18.3. The van der Waals surface area contributed by atoms with Crippen molar-refractivity contribution in [2.24, 2.45) is 0 Å². The highest BCUT2D eigenvalue weighted by molar-refractivity contribution is 5.89. The van der Waals surface area contributed by atoms with Crippen LogP contribution in [0.15, 0.2) is 29.1 Å². The second-order valence-electron chi connectivity index (χ2n) is 9.41. The number of piperazine rings is 1. The third-order valence-electron chi connectivity index (χ3n) is 7.22. The second kappa shape index (κ2) is 10.3. The van der Waals surface area contributed by atoms with Gasteiger partial charge in [-0.2, -0.15) is 0 Å². The maximum Gasteiger partial charge on any atom is 0.506 e. The number of hydrogen-bond donors (Lipinski definition) is 1. The van der Waals surface area contributed by atoms with Gasteiger partial charge in [-0.25, -0.2) is 14.6 Å². The molecule has 0 bridgehead atoms. The summed E-state index contributed by atoms with van der Waals surface area (Å²) in [6.45, 7) is 6.34. The van der Waals surface area contributed by atoms with E-state index in [0.717, 1.165) is 34.0 Å². The van der Waals surface area contributed by atoms with Gasteiger partial charge in [0.05, 0.1) is 35.6 Å². The molecule has 0 spiro atoms. The summed E-state index contributed by atoms with van der Waals surface area (Å²) in [5.74, 6) is 0.408. The highest BCUT2D eigenvalue weighted by atomic mass is 16.7. The summed E-state index contributed by atoms with van der Waals surface area (Å²) in [7, 11) is 0. The Kier molecular flexibility index (Phi) is 6.85. The summed E-state index contributed by atoms with van der Waals surface area (Å²) in [6, 6.07) is 7.17. The number of pyridine rings is 2. The fraction of sp³-hybridized carbons (Fsp3) is 0.370. The van der Waals surface area contributed by atoms with Crippen LogP contribution in [0.5, 0.6) is 5.75 Å². The van der Waals surface area contributed by atoms with Gasteiger partial charge in [0, 0.05) is 37.1 Å². The van der Waals surface area contributed by atoms with Crippen molar-refractivity contribution in [3.05, 3.63) is 56.9 Å². The highest BCUT2D eigenvalue weighted by Crippen LogP contribution is 2.37. The predicted molar refractivity (Wildman–Crippen MR) is 138 cm³/mol. The Hall–Kier alpha value is -4.25. The van der Waals surface area contributed by atoms with E-state index in [1.807, 2.05) is 30.0 Å². The van der Waals surface area contributed by atoms with Crippen molar-refractivity contribution in [3.63, 3.8) is 0 Å². The normalized spacial score (nSPS) is 14.7. The molecular weight excluding hydrogens is 492 g/mol. The van der Waals surface area contributed by atoms with E-state index in [2.05, 4.69) is 4.74 Å². The number of carboxylic acid groups (broad SMARTS) is 1. The van der Waals surface area contributed by atoms with Crippen molar-refractivity contribution in [1.29, 1.82) is 0 Å². The molecule has 0 atom stereocenters. The zero-order valence-corrected chi connectivity index (χ0v) is 21.2. The smallest absolute Gasteiger partial charge is 0.450 e. The minimum absolute atomic E-state index is 0.298. The number of aryl methyl sites for hydroxylation is 2. The third-order valence-corrected chi connectivity index (χ3v) is 7.22. The number of fused-ring (bicyclic) bond motifs is 4. The summed E-state index contributed by atoms with van der Waals surface area (Å²) < 4.78 is 12.0. The van der Waals surface area contributed by atoms with Crippen LogP contribution in [0, 0.1) is 6.92 Å². The van der Waals surface area contributed by atoms with E-state index in [1.165, 1.54) is 0 Å². The van der Waals surface area contributed by atoms with Crippen LogP contribution in [-0.2, 0) is 29.1 Å². The molecule has 38 heavy (non-hydrogen) atoms. The van der Waals surface area contributed by atoms with Gasteiger partial charge in [-0.15, -0.1) is 0 Å². The molecule has 0 saturated carbocycles. The molecule has 198 valence electrons. The number of aldehydes is 1. The molecule has 0 unspecified atom stereocenters. The number of carbonyl (C=O) groups excluding carboxylic acids is 2. The molecule has 2 aliphatic heterocycles. The van der Waals surface area contributed by atoms with Crippen LogP contribution in [0.3, 0.4) is 0 Å². The molecule has 5 rings (SSSR count). The first-order valence-corrected chi connectivity index (χ1v) is 12.5. The molecular formula is C27H28N4O7. The van der Waals surface area contributed by atoms with Gasteiger partial charge in [0.25, 0.3) is 5.56 Å². The van der Waals surface area contributed by atoms with Crippen LogP contribution in [0.1, 0.15) is 29.2 Å². The number of ether oxygens (including phenoxy) is 2. The molecule has 1 saturated heterocycles. The average Bonchev–Trinajstić information content (AvgIpc) is 3.25. The SMILES string of the molecule is CCc1c2c(nc3ccc(OC(=O)N4CCN(CC=O)CC4)cc13)-c1cc(C)c(COC(=O)O)c(=O)n1C2. The lowest BCUT2D eigenvalue weighted by atomic mass is 9.98. The Balaban J connectivity index is 1.44. The molecule has 11 nitrogen and oxygen atoms in total. The minimum atomic E-state index is -1.43. The maximum atomic E-state index is 13.2. The van der Waals surface area contributed by atoms with Crippen molar-refractivity contribution < 1.29 is 29.0 Å². The average molecular weight is 521 g/mol. The lowest BCUT2D eigenvalue weighted by molar-refractivity contribution is -0.109. The molecule has 11 heteroatoms. The molecule has 2 aliphatic rings. The zero-order valence-electron chi connectivity index (χ0n) is 21.2. The van der Waals surface area contributed by atoms with E-state index in [0.29, 0.717) is 68.3 Å². The van der Waals surface area contributed by atoms with Crippen LogP contribution in [-0.4, -0.2) is 75.7 Å². The number of hydrogen-bond acceptors (Lipinski definition) is 8. The van der Waals surface area contributed by atoms with Gasteiger partial charge < -0.3 is 28.8 Å². The summed E-state index contributed by atoms with van der Waals surface area (Å²) >= 11 is 0. The van der Waals surface area contributed by atoms with Gasteiger partial charge >= 0.3 is 12.2 Å². The van der Waals surface area contributed by atoms with Gasteiger partial charge in [0.2, 0.25) is 0 Å². The molecule has 1 fully saturated rings. The van der Waals surface area contributed by atoms with Crippen LogP contribution < -0.4 is 10.3 Å². The predicted octanol–water partition coefficient (Wildman–Crippen LogP) is 2.81. The molecule has 0 aliphatic carbocycles. The number of benzene rings is 1. The van der Waals surface area contributed by atoms with Crippen molar-refractivity contribution in [1.82, 2.24) is 19.4 Å². The van der Waals surface area contributed by atoms with E-state index in [4.69, 9.17) is 14.8 Å². The third kappa shape index (κ3) is 4.60. The molecule has 4 heterocycles. The monoisotopic (exact) mass is 520 g/mol. The van der Waals surface area contributed by atoms with Crippen LogP contribution in [0.2, 0.25) is 0 Å². The van der Waals surface area contributed by atoms with E-state index in [9.17, 15) is 19.2 Å². The van der Waals surface area contributed by atoms with Crippen molar-refractivity contribution in [3.8, 4) is 17.1 Å². The molecule has 1 N–H and O–H groups in total. The second-order valence-corrected chi connectivity index (χ2v) is 9.41. The van der Waals surface area contributed by atoms with E-state index in [-0.39, 0.29) is 12.2 Å². The topological polar surface area (TPSA) is 131 Å². The summed E-state index contributed by atoms with van der Waals surface area (Å²) in [4.78, 5) is 56.0. The number of nitrogens with zero attached hydrogens (tertiary/aromatic N) is 4. The first-order valence-electron chi connectivity index (χ1n) is 12.5. The standard InChI is InChI=1S/C27H28N4O7/c1-3-18-19-13-17(38-26(34)30-8-6-29(7-9-30)10-11-32)4-5-22(19)28-24-20(18)14-31-23(24)12-16(2)21(25(31)33)15-37-27(35)36/h4-5,11-13H,3,6-10,14-15H2,1-2H3,(H,35,36). The Morgan fingerprint density at radius 1 is 1.13 bits per heavy atom. The van der Waals surface area contributed by atoms with Gasteiger partial charge in [0.1, 0.15) is 18.6 Å². The van der Waals surface area contributed by atoms with Crippen molar-refractivity contribution in [2.75, 3.05) is 32.7 Å². The molecule has 3 aromatic rings. The van der Waals surface area contributed by atoms with Gasteiger partial charge in [-0.3, -0.25) is 9.69 Å². The van der Waals surface area contributed by atoms with Gasteiger partial charge in [-0.1, -0.05) is 6.92 Å². The van der Waals surface area contributed by atoms with Crippen molar-refractivity contribution >= 4 is 29.4 Å². The Labute approximate surface area is 218 Å². The van der Waals surface area contributed by atoms with Crippen LogP contribution in [0.25, 0.3) is 22.3 Å². The summed E-state index contributed by atoms with van der Waals surface area (Å²) in [5.41, 5.74) is 4.70. The number of aromatic nitrogens is 2. The fourth-order valence-corrected chi connectivity index (χ4v) is 5.21. The summed E-state index contributed by atoms with van der Waals surface area (Å²) in [6.07, 6.45) is -0.334. The van der Waals surface area contributed by atoms with Crippen LogP contribution >= 0.6 is 0 Å². The fourth-order valence-electron chi connectivity index (χ4n) is 5.21. The quantitative estimate of drug-likeness (QED) is 0.301. The van der Waals surface area contributed by atoms with E-state index < -0.39 is 12.2 Å². The molecule has 1 amide bonds. The van der Waals surface area contributed by atoms with Crippen LogP contribution in [0.4, 0.5) is 9.59 Å². The number of rotatable bonds is 6. The molecule has 1 aromatic carbocycles. The summed E-state index contributed by atoms with van der Waals surface area (Å²) in [5, 5.41) is 9.71. The highest BCUT2D eigenvalue weighted by Gasteiger charge is 2.28. The lowest BCUT2D eigenvalue weighted by Gasteiger charge is -2.32. The van der Waals surface area contributed by atoms with Crippen molar-refractivity contribution in [2.45, 2.75) is 33.4 Å². The molecule has 2 aromatic heterocycles. The Bertz CT molecular complexity index is 1510. The lowest BCUT2D eigenvalue weighted by Crippen LogP contribution is -2.49. The largest absolute Gasteiger partial charge is 0.506 e. The number of amides is 1. The molecule has 0 radical (unpaired) electrons. The van der Waals surface area contributed by atoms with Gasteiger partial charge in [0.15, 0.2) is 0 Å².